The molecule has 0 unspecified atom stereocenters. The number of halogens is 3. The molecule has 0 atom stereocenters. The Balaban J connectivity index is 1.84. The molecule has 0 fully saturated rings. The first-order valence-electron chi connectivity index (χ1n) is 7.55. The van der Waals surface area contributed by atoms with E-state index in [0.717, 1.165) is 22.7 Å². The van der Waals surface area contributed by atoms with Crippen molar-refractivity contribution in [2.24, 2.45) is 5.14 Å². The summed E-state index contributed by atoms with van der Waals surface area (Å²) in [5, 5.41) is 13.5. The average molecular weight is 427 g/mol. The molecule has 29 heavy (non-hydrogen) atoms. The molecule has 4 aromatic rings. The van der Waals surface area contributed by atoms with Crippen LogP contribution < -0.4 is 10.7 Å². The number of H-pyrrole nitrogens is 1. The summed E-state index contributed by atoms with van der Waals surface area (Å²) in [6, 6.07) is 2.94. The number of sulfonamides is 1. The van der Waals surface area contributed by atoms with Crippen LogP contribution in [0.2, 0.25) is 0 Å². The monoisotopic (exact) mass is 427 g/mol. The molecule has 0 spiro atoms. The number of pyridine rings is 1. The first-order valence-corrected chi connectivity index (χ1v) is 9.10. The Labute approximate surface area is 158 Å². The molecule has 0 saturated carbocycles. The topological polar surface area (TPSA) is 162 Å². The highest BCUT2D eigenvalue weighted by atomic mass is 32.2. The van der Waals surface area contributed by atoms with E-state index in [1.54, 1.807) is 0 Å². The van der Waals surface area contributed by atoms with Gasteiger partial charge in [0.15, 0.2) is 5.65 Å². The SMILES string of the molecule is NS(=O)(=O)c1nnc(-c2c[nH]n3c(=O)cc(-c4ccc(C(F)(F)F)cn4)nc23)o1. The lowest BCUT2D eigenvalue weighted by Gasteiger charge is -2.06. The number of nitrogens with one attached hydrogen (secondary N) is 1. The van der Waals surface area contributed by atoms with Crippen LogP contribution in [0.25, 0.3) is 28.5 Å². The second-order valence-electron chi connectivity index (χ2n) is 5.67. The number of hydrogen-bond donors (Lipinski definition) is 2. The maximum Gasteiger partial charge on any atom is 0.417 e. The molecular formula is C14H8F3N7O4S. The molecule has 0 radical (unpaired) electrons. The van der Waals surface area contributed by atoms with E-state index in [0.29, 0.717) is 6.20 Å². The van der Waals surface area contributed by atoms with Gasteiger partial charge in [-0.05, 0) is 12.1 Å². The van der Waals surface area contributed by atoms with Gasteiger partial charge in [0.1, 0.15) is 5.56 Å². The van der Waals surface area contributed by atoms with E-state index in [4.69, 9.17) is 9.56 Å². The number of fused-ring (bicyclic) bond motifs is 1. The predicted octanol–water partition coefficient (Wildman–Crippen LogP) is 0.801. The van der Waals surface area contributed by atoms with Crippen LogP contribution in [0.15, 0.2) is 45.0 Å². The van der Waals surface area contributed by atoms with Crippen LogP contribution in [0.1, 0.15) is 5.56 Å². The van der Waals surface area contributed by atoms with E-state index in [1.165, 1.54) is 6.20 Å². The van der Waals surface area contributed by atoms with Gasteiger partial charge in [0.05, 0.1) is 17.0 Å². The zero-order chi connectivity index (χ0) is 21.0. The van der Waals surface area contributed by atoms with E-state index in [2.05, 4.69) is 25.3 Å². The number of nitrogens with zero attached hydrogens (tertiary/aromatic N) is 5. The first-order chi connectivity index (χ1) is 13.5. The lowest BCUT2D eigenvalue weighted by atomic mass is 10.2. The Morgan fingerprint density at radius 2 is 1.93 bits per heavy atom. The molecule has 150 valence electrons. The summed E-state index contributed by atoms with van der Waals surface area (Å²) in [5.41, 5.74) is -1.54. The van der Waals surface area contributed by atoms with E-state index < -0.39 is 32.5 Å². The van der Waals surface area contributed by atoms with Crippen molar-refractivity contribution in [1.29, 1.82) is 0 Å². The Bertz CT molecular complexity index is 1390. The molecule has 0 aliphatic heterocycles. The summed E-state index contributed by atoms with van der Waals surface area (Å²) in [5.74, 6) is -0.294. The Morgan fingerprint density at radius 3 is 2.52 bits per heavy atom. The van der Waals surface area contributed by atoms with Crippen molar-refractivity contribution in [3.63, 3.8) is 0 Å². The van der Waals surface area contributed by atoms with Gasteiger partial charge in [-0.2, -0.15) is 13.2 Å². The van der Waals surface area contributed by atoms with Gasteiger partial charge < -0.3 is 4.42 Å². The molecule has 0 amide bonds. The molecule has 15 heteroatoms. The van der Waals surface area contributed by atoms with Crippen molar-refractivity contribution >= 4 is 15.7 Å². The number of aromatic amines is 1. The fourth-order valence-electron chi connectivity index (χ4n) is 2.42. The average Bonchev–Trinajstić information content (AvgIpc) is 3.27. The van der Waals surface area contributed by atoms with Crippen LogP contribution >= 0.6 is 0 Å². The quantitative estimate of drug-likeness (QED) is 0.485. The molecule has 4 heterocycles. The molecule has 3 N–H and O–H groups in total. The number of nitrogens with two attached hydrogens (primary N) is 1. The summed E-state index contributed by atoms with van der Waals surface area (Å²) in [6.07, 6.45) is -2.68. The van der Waals surface area contributed by atoms with Crippen molar-refractivity contribution < 1.29 is 26.0 Å². The van der Waals surface area contributed by atoms with E-state index in [-0.39, 0.29) is 28.5 Å². The second kappa shape index (κ2) is 6.21. The Hall–Kier alpha value is -3.59. The maximum absolute atomic E-state index is 12.7. The van der Waals surface area contributed by atoms with Gasteiger partial charge in [-0.25, -0.2) is 23.1 Å². The molecule has 0 aromatic carbocycles. The van der Waals surface area contributed by atoms with Gasteiger partial charge in [-0.15, -0.1) is 5.10 Å². The molecule has 0 aliphatic carbocycles. The fourth-order valence-corrected chi connectivity index (χ4v) is 2.77. The van der Waals surface area contributed by atoms with E-state index in [1.807, 2.05) is 0 Å². The van der Waals surface area contributed by atoms with Crippen LogP contribution in [0, 0.1) is 0 Å². The van der Waals surface area contributed by atoms with Crippen LogP contribution in [-0.2, 0) is 16.2 Å². The van der Waals surface area contributed by atoms with E-state index in [9.17, 15) is 26.4 Å². The Morgan fingerprint density at radius 1 is 1.17 bits per heavy atom. The number of alkyl halides is 3. The highest BCUT2D eigenvalue weighted by Gasteiger charge is 2.30. The summed E-state index contributed by atoms with van der Waals surface area (Å²) >= 11 is 0. The summed E-state index contributed by atoms with van der Waals surface area (Å²) in [6.45, 7) is 0. The van der Waals surface area contributed by atoms with Crippen LogP contribution in [0.4, 0.5) is 13.2 Å². The minimum absolute atomic E-state index is 0.0144. The summed E-state index contributed by atoms with van der Waals surface area (Å²) < 4.78 is 66.6. The van der Waals surface area contributed by atoms with Crippen LogP contribution in [0.3, 0.4) is 0 Å². The van der Waals surface area contributed by atoms with Crippen molar-refractivity contribution in [2.75, 3.05) is 0 Å². The van der Waals surface area contributed by atoms with Crippen molar-refractivity contribution in [3.05, 3.63) is 46.5 Å². The van der Waals surface area contributed by atoms with Gasteiger partial charge in [0, 0.05) is 18.5 Å². The largest absolute Gasteiger partial charge is 0.417 e. The smallest absolute Gasteiger partial charge is 0.407 e. The molecule has 0 bridgehead atoms. The highest BCUT2D eigenvalue weighted by molar-refractivity contribution is 7.88. The second-order valence-corrected chi connectivity index (χ2v) is 7.11. The lowest BCUT2D eigenvalue weighted by molar-refractivity contribution is -0.137. The lowest BCUT2D eigenvalue weighted by Crippen LogP contribution is -2.14. The third-order valence-electron chi connectivity index (χ3n) is 3.73. The first kappa shape index (κ1) is 18.8. The van der Waals surface area contributed by atoms with Gasteiger partial charge in [0.2, 0.25) is 0 Å². The Kier molecular flexibility index (Phi) is 4.02. The number of hydrogen-bond acceptors (Lipinski definition) is 8. The molecular weight excluding hydrogens is 419 g/mol. The molecule has 0 aliphatic rings. The van der Waals surface area contributed by atoms with Gasteiger partial charge in [-0.3, -0.25) is 14.9 Å². The normalized spacial score (nSPS) is 12.6. The number of aromatic nitrogens is 6. The third kappa shape index (κ3) is 3.36. The summed E-state index contributed by atoms with van der Waals surface area (Å²) in [4.78, 5) is 20.2. The predicted molar refractivity (Wildman–Crippen MR) is 88.7 cm³/mol. The standard InChI is InChI=1S/C14H8F3N7O4S/c15-14(16,17)6-1-2-8(19-4-6)9-3-10(25)24-11(21-9)7(5-20-24)12-22-23-13(28-12)29(18,26)27/h1-5,20H,(H2,18,26,27). The van der Waals surface area contributed by atoms with Crippen LogP contribution in [0.5, 0.6) is 0 Å². The maximum atomic E-state index is 12.7. The number of primary sulfonamides is 1. The zero-order valence-electron chi connectivity index (χ0n) is 13.9. The fraction of sp³-hybridized carbons (Fsp3) is 0.0714. The molecule has 4 rings (SSSR count). The van der Waals surface area contributed by atoms with E-state index >= 15 is 0 Å². The molecule has 0 saturated heterocycles. The summed E-state index contributed by atoms with van der Waals surface area (Å²) in [7, 11) is -4.24. The highest BCUT2D eigenvalue weighted by Crippen LogP contribution is 2.29. The minimum atomic E-state index is -4.56. The zero-order valence-corrected chi connectivity index (χ0v) is 14.7. The van der Waals surface area contributed by atoms with Crippen molar-refractivity contribution in [1.82, 2.24) is 29.8 Å². The van der Waals surface area contributed by atoms with Gasteiger partial charge >= 0.3 is 11.4 Å². The number of rotatable bonds is 3. The minimum Gasteiger partial charge on any atom is -0.407 e. The third-order valence-corrected chi connectivity index (χ3v) is 4.38. The molecule has 4 aromatic heterocycles. The van der Waals surface area contributed by atoms with Gasteiger partial charge in [0.25, 0.3) is 21.5 Å². The van der Waals surface area contributed by atoms with Crippen LogP contribution in [-0.4, -0.2) is 38.2 Å². The van der Waals surface area contributed by atoms with Crippen molar-refractivity contribution in [2.45, 2.75) is 11.4 Å². The van der Waals surface area contributed by atoms with Gasteiger partial charge in [-0.1, -0.05) is 5.10 Å². The van der Waals surface area contributed by atoms with Crippen molar-refractivity contribution in [3.8, 4) is 22.8 Å². The molecule has 11 nitrogen and oxygen atoms in total.